The molecule has 14 heteroatoms. The molecule has 0 saturated carbocycles. The molecular formula is C26H31F3N6O5. The van der Waals surface area contributed by atoms with Gasteiger partial charge in [-0.1, -0.05) is 12.1 Å². The molecule has 1 amide bonds. The predicted octanol–water partition coefficient (Wildman–Crippen LogP) is 5.17. The van der Waals surface area contributed by atoms with Crippen molar-refractivity contribution in [2.75, 3.05) is 0 Å². The highest BCUT2D eigenvalue weighted by Crippen LogP contribution is 2.30. The average Bonchev–Trinajstić information content (AvgIpc) is 3.25. The molecule has 0 bridgehead atoms. The van der Waals surface area contributed by atoms with Gasteiger partial charge in [0.25, 0.3) is 0 Å². The van der Waals surface area contributed by atoms with Crippen molar-refractivity contribution in [3.63, 3.8) is 0 Å². The summed E-state index contributed by atoms with van der Waals surface area (Å²) in [4.78, 5) is 29.7. The van der Waals surface area contributed by atoms with Crippen molar-refractivity contribution in [1.29, 1.82) is 0 Å². The Balaban J connectivity index is 1.73. The second kappa shape index (κ2) is 11.9. The van der Waals surface area contributed by atoms with Gasteiger partial charge < -0.3 is 19.5 Å². The standard InChI is InChI=1S/C26H31F3N6O5/c1-24(2,3)39-21(36)13-18(31-23(37)40-25(4,5)6)15-35-33-22(32-34-35)16-8-7-9-19(12-16)38-20-11-10-17(14-30-20)26(27,28)29/h7-12,14,18H,13,15H2,1-6H3,(H,31,37)/t18-/m1/s1. The molecule has 3 rings (SSSR count). The van der Waals surface area contributed by atoms with Crippen molar-refractivity contribution in [3.05, 3.63) is 48.2 Å². The van der Waals surface area contributed by atoms with Crippen LogP contribution in [0.1, 0.15) is 53.5 Å². The van der Waals surface area contributed by atoms with Crippen molar-refractivity contribution in [3.8, 4) is 23.0 Å². The van der Waals surface area contributed by atoms with Gasteiger partial charge in [0.05, 0.1) is 24.6 Å². The van der Waals surface area contributed by atoms with Crippen LogP contribution in [0.3, 0.4) is 0 Å². The Labute approximate surface area is 229 Å². The fourth-order valence-electron chi connectivity index (χ4n) is 3.28. The van der Waals surface area contributed by atoms with E-state index >= 15 is 0 Å². The number of pyridine rings is 1. The molecule has 1 N–H and O–H groups in total. The van der Waals surface area contributed by atoms with Crippen LogP contribution in [-0.2, 0) is 27.0 Å². The molecule has 1 atom stereocenters. The van der Waals surface area contributed by atoms with Gasteiger partial charge in [0.2, 0.25) is 11.7 Å². The van der Waals surface area contributed by atoms with Crippen molar-refractivity contribution in [2.24, 2.45) is 0 Å². The van der Waals surface area contributed by atoms with E-state index in [-0.39, 0.29) is 30.4 Å². The zero-order valence-corrected chi connectivity index (χ0v) is 22.9. The van der Waals surface area contributed by atoms with E-state index in [0.29, 0.717) is 11.8 Å². The number of esters is 1. The Morgan fingerprint density at radius 2 is 1.70 bits per heavy atom. The lowest BCUT2D eigenvalue weighted by Gasteiger charge is -2.24. The van der Waals surface area contributed by atoms with Crippen molar-refractivity contribution < 1.29 is 37.0 Å². The maximum Gasteiger partial charge on any atom is 0.417 e. The molecule has 0 aliphatic heterocycles. The molecule has 2 aromatic heterocycles. The molecule has 11 nitrogen and oxygen atoms in total. The Morgan fingerprint density at radius 1 is 1.00 bits per heavy atom. The highest BCUT2D eigenvalue weighted by Gasteiger charge is 2.31. The predicted molar refractivity (Wildman–Crippen MR) is 136 cm³/mol. The van der Waals surface area contributed by atoms with E-state index in [2.05, 4.69) is 25.7 Å². The van der Waals surface area contributed by atoms with Gasteiger partial charge >= 0.3 is 18.2 Å². The summed E-state index contributed by atoms with van der Waals surface area (Å²) in [6.45, 7) is 10.3. The number of alkyl halides is 3. The summed E-state index contributed by atoms with van der Waals surface area (Å²) in [5.41, 5.74) is -1.85. The quantitative estimate of drug-likeness (QED) is 0.368. The third kappa shape index (κ3) is 9.82. The minimum Gasteiger partial charge on any atom is -0.460 e. The summed E-state index contributed by atoms with van der Waals surface area (Å²) >= 11 is 0. The van der Waals surface area contributed by atoms with Gasteiger partial charge in [-0.05, 0) is 65.0 Å². The van der Waals surface area contributed by atoms with E-state index in [1.807, 2.05) is 0 Å². The normalized spacial score (nSPS) is 12.9. The second-order valence-electron chi connectivity index (χ2n) is 10.8. The lowest BCUT2D eigenvalue weighted by Crippen LogP contribution is -2.43. The summed E-state index contributed by atoms with van der Waals surface area (Å²) in [5, 5.41) is 15.0. The number of amides is 1. The maximum absolute atomic E-state index is 12.8. The number of ether oxygens (including phenoxy) is 3. The van der Waals surface area contributed by atoms with Crippen LogP contribution >= 0.6 is 0 Å². The lowest BCUT2D eigenvalue weighted by molar-refractivity contribution is -0.155. The van der Waals surface area contributed by atoms with E-state index in [1.165, 1.54) is 4.80 Å². The van der Waals surface area contributed by atoms with Crippen LogP contribution in [0.25, 0.3) is 11.4 Å². The van der Waals surface area contributed by atoms with Gasteiger partial charge in [0.15, 0.2) is 0 Å². The molecule has 0 spiro atoms. The van der Waals surface area contributed by atoms with Gasteiger partial charge in [0, 0.05) is 17.8 Å². The van der Waals surface area contributed by atoms with Crippen LogP contribution < -0.4 is 10.1 Å². The highest BCUT2D eigenvalue weighted by molar-refractivity contribution is 5.73. The number of alkyl carbamates (subject to hydrolysis) is 1. The fraction of sp³-hybridized carbons (Fsp3) is 0.462. The minimum absolute atomic E-state index is 0.0167. The molecule has 2 heterocycles. The van der Waals surface area contributed by atoms with Crippen LogP contribution in [0.2, 0.25) is 0 Å². The monoisotopic (exact) mass is 564 g/mol. The molecule has 0 fully saturated rings. The van der Waals surface area contributed by atoms with Gasteiger partial charge in [-0.3, -0.25) is 4.79 Å². The van der Waals surface area contributed by atoms with E-state index in [9.17, 15) is 22.8 Å². The summed E-state index contributed by atoms with van der Waals surface area (Å²) in [5.74, 6) is -0.0646. The number of carbonyl (C=O) groups excluding carboxylic acids is 2. The summed E-state index contributed by atoms with van der Waals surface area (Å²) in [6.07, 6.45) is -4.71. The second-order valence-corrected chi connectivity index (χ2v) is 10.8. The van der Waals surface area contributed by atoms with E-state index in [4.69, 9.17) is 14.2 Å². The van der Waals surface area contributed by atoms with Gasteiger partial charge in [-0.15, -0.1) is 10.2 Å². The van der Waals surface area contributed by atoms with Crippen LogP contribution in [0.4, 0.5) is 18.0 Å². The molecule has 1 aromatic carbocycles. The molecule has 0 unspecified atom stereocenters. The summed E-state index contributed by atoms with van der Waals surface area (Å²) < 4.78 is 54.6. The van der Waals surface area contributed by atoms with E-state index in [0.717, 1.165) is 12.1 Å². The Morgan fingerprint density at radius 3 is 2.30 bits per heavy atom. The molecule has 216 valence electrons. The topological polar surface area (TPSA) is 130 Å². The molecule has 0 saturated heterocycles. The lowest BCUT2D eigenvalue weighted by atomic mass is 10.1. The highest BCUT2D eigenvalue weighted by atomic mass is 19.4. The Kier molecular flexibility index (Phi) is 9.00. The van der Waals surface area contributed by atoms with E-state index < -0.39 is 41.0 Å². The van der Waals surface area contributed by atoms with Crippen molar-refractivity contribution in [2.45, 2.75) is 77.9 Å². The minimum atomic E-state index is -4.50. The Hall–Kier alpha value is -4.23. The third-order valence-electron chi connectivity index (χ3n) is 4.77. The number of benzene rings is 1. The van der Waals surface area contributed by atoms with Gasteiger partial charge in [-0.25, -0.2) is 9.78 Å². The number of hydrogen-bond donors (Lipinski definition) is 1. The van der Waals surface area contributed by atoms with E-state index in [1.54, 1.807) is 65.8 Å². The van der Waals surface area contributed by atoms with Crippen LogP contribution in [0.5, 0.6) is 11.6 Å². The first kappa shape index (κ1) is 30.3. The first-order valence-corrected chi connectivity index (χ1v) is 12.3. The molecule has 3 aromatic rings. The Bertz CT molecular complexity index is 1280. The first-order valence-electron chi connectivity index (χ1n) is 12.3. The summed E-state index contributed by atoms with van der Waals surface area (Å²) in [7, 11) is 0. The van der Waals surface area contributed by atoms with Crippen LogP contribution in [-0.4, -0.2) is 54.5 Å². The van der Waals surface area contributed by atoms with Gasteiger partial charge in [-0.2, -0.15) is 18.0 Å². The largest absolute Gasteiger partial charge is 0.460 e. The number of hydrogen-bond acceptors (Lipinski definition) is 9. The SMILES string of the molecule is CC(C)(C)OC(=O)C[C@H](Cn1nnc(-c2cccc(Oc3ccc(C(F)(F)F)cn3)c2)n1)NC(=O)OC(C)(C)C. The molecule has 0 aliphatic carbocycles. The molecular weight excluding hydrogens is 533 g/mol. The number of nitrogens with one attached hydrogen (secondary N) is 1. The number of rotatable bonds is 8. The first-order chi connectivity index (χ1) is 18.5. The molecule has 40 heavy (non-hydrogen) atoms. The molecule has 0 radical (unpaired) electrons. The number of halogens is 3. The third-order valence-corrected chi connectivity index (χ3v) is 4.77. The number of nitrogens with zero attached hydrogens (tertiary/aromatic N) is 5. The zero-order chi connectivity index (χ0) is 29.7. The van der Waals surface area contributed by atoms with Crippen LogP contribution in [0.15, 0.2) is 42.6 Å². The van der Waals surface area contributed by atoms with Crippen LogP contribution in [0, 0.1) is 0 Å². The number of aromatic nitrogens is 5. The van der Waals surface area contributed by atoms with Crippen molar-refractivity contribution >= 4 is 12.1 Å². The van der Waals surface area contributed by atoms with Crippen molar-refractivity contribution in [1.82, 2.24) is 30.5 Å². The maximum atomic E-state index is 12.8. The molecule has 0 aliphatic rings. The summed E-state index contributed by atoms with van der Waals surface area (Å²) in [6, 6.07) is 7.71. The smallest absolute Gasteiger partial charge is 0.417 e. The number of tetrazole rings is 1. The number of carbonyl (C=O) groups is 2. The van der Waals surface area contributed by atoms with Gasteiger partial charge in [0.1, 0.15) is 17.0 Å². The average molecular weight is 565 g/mol. The fourth-order valence-corrected chi connectivity index (χ4v) is 3.28. The zero-order valence-electron chi connectivity index (χ0n) is 22.9.